The number of aromatic nitrogens is 1. The summed E-state index contributed by atoms with van der Waals surface area (Å²) >= 11 is 1.31. The number of nitrogens with one attached hydrogen (secondary N) is 3. The van der Waals surface area contributed by atoms with Crippen molar-refractivity contribution >= 4 is 30.9 Å². The van der Waals surface area contributed by atoms with E-state index in [4.69, 9.17) is 9.05 Å². The van der Waals surface area contributed by atoms with Gasteiger partial charge in [-0.2, -0.15) is 5.09 Å². The summed E-state index contributed by atoms with van der Waals surface area (Å²) in [6.45, 7) is 7.93. The zero-order valence-corrected chi connectivity index (χ0v) is 29.4. The summed E-state index contributed by atoms with van der Waals surface area (Å²) < 4.78 is 26.3. The van der Waals surface area contributed by atoms with Gasteiger partial charge in [0.15, 0.2) is 0 Å². The number of rotatable bonds is 18. The molecule has 256 valence electrons. The van der Waals surface area contributed by atoms with Gasteiger partial charge in [0.1, 0.15) is 34.7 Å². The van der Waals surface area contributed by atoms with Crippen LogP contribution >= 0.6 is 19.1 Å². The van der Waals surface area contributed by atoms with Gasteiger partial charge in [-0.25, -0.2) is 9.55 Å². The van der Waals surface area contributed by atoms with Crippen molar-refractivity contribution in [2.24, 2.45) is 11.8 Å². The second kappa shape index (κ2) is 17.9. The van der Waals surface area contributed by atoms with Gasteiger partial charge in [-0.3, -0.25) is 9.59 Å². The lowest BCUT2D eigenvalue weighted by atomic mass is 9.97. The molecule has 0 bridgehead atoms. The summed E-state index contributed by atoms with van der Waals surface area (Å²) in [5.41, 5.74) is 0.796. The van der Waals surface area contributed by atoms with Crippen molar-refractivity contribution in [2.75, 3.05) is 0 Å². The number of hydrogen-bond acceptors (Lipinski definition) is 8. The zero-order chi connectivity index (χ0) is 34.5. The van der Waals surface area contributed by atoms with Crippen LogP contribution in [0.4, 0.5) is 0 Å². The molecule has 48 heavy (non-hydrogen) atoms. The average molecular weight is 693 g/mol. The Balaban J connectivity index is 1.61. The van der Waals surface area contributed by atoms with E-state index < -0.39 is 43.8 Å². The number of carbonyl (C=O) groups is 2. The van der Waals surface area contributed by atoms with E-state index in [1.165, 1.54) is 11.3 Å². The predicted molar refractivity (Wildman–Crippen MR) is 189 cm³/mol. The number of carbonyl (C=O) groups excluding carboxylic acids is 2. The molecule has 0 unspecified atom stereocenters. The molecular formula is C36H45N4O6PS. The predicted octanol–water partition coefficient (Wildman–Crippen LogP) is 6.71. The van der Waals surface area contributed by atoms with Gasteiger partial charge in [0.25, 0.3) is 0 Å². The Morgan fingerprint density at radius 2 is 1.29 bits per heavy atom. The lowest BCUT2D eigenvalue weighted by Gasteiger charge is -2.29. The molecule has 4 aromatic rings. The minimum atomic E-state index is -4.23. The highest BCUT2D eigenvalue weighted by Gasteiger charge is 2.37. The summed E-state index contributed by atoms with van der Waals surface area (Å²) in [5, 5.41) is 22.2. The van der Waals surface area contributed by atoms with Crippen molar-refractivity contribution in [2.45, 2.75) is 71.2 Å². The molecule has 1 heterocycles. The summed E-state index contributed by atoms with van der Waals surface area (Å²) in [6, 6.07) is 23.7. The molecule has 2 amide bonds. The van der Waals surface area contributed by atoms with E-state index in [2.05, 4.69) is 20.7 Å². The maximum atomic E-state index is 14.4. The van der Waals surface area contributed by atoms with Crippen LogP contribution in [0.2, 0.25) is 0 Å². The first-order valence-corrected chi connectivity index (χ1v) is 18.5. The third-order valence-electron chi connectivity index (χ3n) is 7.33. The second-order valence-electron chi connectivity index (χ2n) is 12.4. The third kappa shape index (κ3) is 11.6. The molecule has 0 aliphatic carbocycles. The number of thiazole rings is 1. The number of benzene rings is 3. The molecule has 0 saturated carbocycles. The number of nitrogens with zero attached hydrogens (tertiary/aromatic N) is 1. The molecule has 12 heteroatoms. The minimum absolute atomic E-state index is 0.0444. The van der Waals surface area contributed by atoms with E-state index in [0.717, 1.165) is 5.56 Å². The molecule has 0 fully saturated rings. The van der Waals surface area contributed by atoms with Crippen LogP contribution in [0.25, 0.3) is 0 Å². The maximum Gasteiger partial charge on any atom is 0.513 e. The van der Waals surface area contributed by atoms with Crippen LogP contribution in [-0.4, -0.2) is 40.0 Å². The van der Waals surface area contributed by atoms with Crippen molar-refractivity contribution in [3.05, 3.63) is 113 Å². The van der Waals surface area contributed by atoms with E-state index in [-0.39, 0.29) is 29.8 Å². The third-order valence-corrected chi connectivity index (χ3v) is 9.71. The summed E-state index contributed by atoms with van der Waals surface area (Å²) in [6.07, 6.45) is 1.57. The summed E-state index contributed by atoms with van der Waals surface area (Å²) in [4.78, 5) is 32.3. The van der Waals surface area contributed by atoms with Crippen LogP contribution in [0.15, 0.2) is 103 Å². The molecule has 0 aliphatic heterocycles. The monoisotopic (exact) mass is 692 g/mol. The fraction of sp³-hybridized carbons (Fsp3) is 0.361. The Morgan fingerprint density at radius 1 is 0.771 bits per heavy atom. The summed E-state index contributed by atoms with van der Waals surface area (Å²) in [5.74, 6) is -0.200. The number of para-hydroxylation sites is 2. The molecule has 0 aliphatic rings. The molecule has 4 atom stereocenters. The Kier molecular flexibility index (Phi) is 13.8. The first-order chi connectivity index (χ1) is 23.0. The molecule has 1 aromatic heterocycles. The first kappa shape index (κ1) is 36.8. The quantitative estimate of drug-likeness (QED) is 0.0845. The molecule has 10 nitrogen and oxygen atoms in total. The summed E-state index contributed by atoms with van der Waals surface area (Å²) in [7, 11) is -4.23. The topological polar surface area (TPSA) is 139 Å². The van der Waals surface area contributed by atoms with Gasteiger partial charge in [0, 0.05) is 11.6 Å². The maximum absolute atomic E-state index is 14.4. The SMILES string of the molecule is CC(C)C[C@H](NC(=O)[C@H](Cc1ccccc1)NP(=O)(Oc1ccccc1)Oc1ccccc1)C(=O)N[C@@H](CC(C)C)[C@@H](O)c1nccs1. The Bertz CT molecular complexity index is 1550. The van der Waals surface area contributed by atoms with E-state index >= 15 is 0 Å². The van der Waals surface area contributed by atoms with Gasteiger partial charge in [-0.15, -0.1) is 11.3 Å². The lowest BCUT2D eigenvalue weighted by Crippen LogP contribution is -2.55. The van der Waals surface area contributed by atoms with Crippen LogP contribution in [0.5, 0.6) is 11.5 Å². The van der Waals surface area contributed by atoms with Gasteiger partial charge < -0.3 is 24.8 Å². The van der Waals surface area contributed by atoms with Crippen molar-refractivity contribution < 1.29 is 28.3 Å². The van der Waals surface area contributed by atoms with Crippen LogP contribution in [-0.2, 0) is 20.6 Å². The minimum Gasteiger partial charge on any atom is -0.405 e. The Hall–Kier alpha value is -4.02. The van der Waals surface area contributed by atoms with Crippen molar-refractivity contribution in [3.8, 4) is 11.5 Å². The fourth-order valence-corrected chi connectivity index (χ4v) is 7.35. The zero-order valence-electron chi connectivity index (χ0n) is 27.7. The molecular weight excluding hydrogens is 647 g/mol. The number of aliphatic hydroxyl groups excluding tert-OH is 1. The number of hydrogen-bond donors (Lipinski definition) is 4. The van der Waals surface area contributed by atoms with Crippen molar-refractivity contribution in [3.63, 3.8) is 0 Å². The van der Waals surface area contributed by atoms with E-state index in [1.807, 2.05) is 58.0 Å². The molecule has 4 rings (SSSR count). The molecule has 0 radical (unpaired) electrons. The highest BCUT2D eigenvalue weighted by Crippen LogP contribution is 2.45. The van der Waals surface area contributed by atoms with Crippen molar-refractivity contribution in [1.29, 1.82) is 0 Å². The van der Waals surface area contributed by atoms with Gasteiger partial charge >= 0.3 is 7.75 Å². The van der Waals surface area contributed by atoms with E-state index in [1.54, 1.807) is 72.2 Å². The highest BCUT2D eigenvalue weighted by molar-refractivity contribution is 7.52. The van der Waals surface area contributed by atoms with Crippen LogP contribution in [0.3, 0.4) is 0 Å². The molecule has 0 saturated heterocycles. The van der Waals surface area contributed by atoms with Crippen LogP contribution in [0.1, 0.15) is 57.2 Å². The highest BCUT2D eigenvalue weighted by atomic mass is 32.1. The number of aliphatic hydroxyl groups is 1. The largest absolute Gasteiger partial charge is 0.513 e. The van der Waals surface area contributed by atoms with Gasteiger partial charge in [-0.1, -0.05) is 94.4 Å². The smallest absolute Gasteiger partial charge is 0.405 e. The normalized spacial score (nSPS) is 14.1. The van der Waals surface area contributed by atoms with Gasteiger partial charge in [0.05, 0.1) is 6.04 Å². The average Bonchev–Trinajstić information content (AvgIpc) is 3.60. The Labute approximate surface area is 286 Å². The molecule has 4 N–H and O–H groups in total. The molecule has 0 spiro atoms. The van der Waals surface area contributed by atoms with Crippen LogP contribution < -0.4 is 24.8 Å². The van der Waals surface area contributed by atoms with Crippen molar-refractivity contribution in [1.82, 2.24) is 20.7 Å². The Morgan fingerprint density at radius 3 is 1.79 bits per heavy atom. The fourth-order valence-electron chi connectivity index (χ4n) is 5.14. The van der Waals surface area contributed by atoms with Crippen LogP contribution in [0, 0.1) is 11.8 Å². The standard InChI is InChI=1S/C36H45N4O6PS/c1-25(2)22-30(33(41)36-37-20-21-48-36)38-34(42)31(23-26(3)4)39-35(43)32(24-27-14-8-5-9-15-27)40-47(44,45-28-16-10-6-11-17-28)46-29-18-12-7-13-19-29/h5-21,25-26,30-33,41H,22-24H2,1-4H3,(H,38,42)(H,39,43)(H,40,44)/t30-,31-,32-,33+/m0/s1. The van der Waals surface area contributed by atoms with E-state index in [9.17, 15) is 19.3 Å². The first-order valence-electron chi connectivity index (χ1n) is 16.1. The number of amides is 2. The lowest BCUT2D eigenvalue weighted by molar-refractivity contribution is -0.131. The van der Waals surface area contributed by atoms with E-state index in [0.29, 0.717) is 17.8 Å². The second-order valence-corrected chi connectivity index (χ2v) is 15.0. The van der Waals surface area contributed by atoms with Gasteiger partial charge in [-0.05, 0) is 60.9 Å². The molecule has 3 aromatic carbocycles. The van der Waals surface area contributed by atoms with Gasteiger partial charge in [0.2, 0.25) is 11.8 Å².